The molecule has 0 spiro atoms. The van der Waals surface area contributed by atoms with Crippen LogP contribution < -0.4 is 0 Å². The molecule has 0 saturated carbocycles. The SMILES string of the molecule is Cc1ccc(CC(=O)CS(C)(=O)=O)c(Cl)c1. The molecular formula is C11H13ClO3S. The molecule has 0 saturated heterocycles. The molecule has 0 radical (unpaired) electrons. The molecule has 0 amide bonds. The van der Waals surface area contributed by atoms with Gasteiger partial charge in [0, 0.05) is 17.7 Å². The Labute approximate surface area is 100 Å². The first-order chi connectivity index (χ1) is 7.28. The number of Topliss-reactive ketones (excluding diaryl/α,β-unsaturated/α-hetero) is 1. The fraction of sp³-hybridized carbons (Fsp3) is 0.364. The van der Waals surface area contributed by atoms with Crippen LogP contribution in [0.2, 0.25) is 5.02 Å². The first kappa shape index (κ1) is 13.2. The minimum Gasteiger partial charge on any atom is -0.298 e. The second-order valence-corrected chi connectivity index (χ2v) is 6.43. The Bertz CT molecular complexity index is 506. The van der Waals surface area contributed by atoms with Gasteiger partial charge in [0.25, 0.3) is 0 Å². The van der Waals surface area contributed by atoms with Gasteiger partial charge in [0.1, 0.15) is 5.75 Å². The molecule has 0 aliphatic carbocycles. The molecule has 88 valence electrons. The zero-order valence-corrected chi connectivity index (χ0v) is 10.7. The third kappa shape index (κ3) is 4.33. The van der Waals surface area contributed by atoms with E-state index in [0.29, 0.717) is 10.6 Å². The third-order valence-electron chi connectivity index (χ3n) is 2.02. The topological polar surface area (TPSA) is 51.2 Å². The van der Waals surface area contributed by atoms with Gasteiger partial charge < -0.3 is 0 Å². The van der Waals surface area contributed by atoms with Crippen LogP contribution in [0.3, 0.4) is 0 Å². The molecule has 3 nitrogen and oxygen atoms in total. The molecule has 0 unspecified atom stereocenters. The average molecular weight is 261 g/mol. The fourth-order valence-corrected chi connectivity index (χ4v) is 2.34. The van der Waals surface area contributed by atoms with Crippen LogP contribution in [0.15, 0.2) is 18.2 Å². The Balaban J connectivity index is 2.78. The van der Waals surface area contributed by atoms with Crippen LogP contribution in [0.4, 0.5) is 0 Å². The van der Waals surface area contributed by atoms with Gasteiger partial charge in [-0.2, -0.15) is 0 Å². The maximum absolute atomic E-state index is 11.4. The monoisotopic (exact) mass is 260 g/mol. The van der Waals surface area contributed by atoms with Gasteiger partial charge in [0.2, 0.25) is 0 Å². The molecule has 1 aromatic carbocycles. The van der Waals surface area contributed by atoms with E-state index < -0.39 is 15.6 Å². The first-order valence-corrected chi connectivity index (χ1v) is 7.16. The molecule has 0 aliphatic rings. The molecular weight excluding hydrogens is 248 g/mol. The van der Waals surface area contributed by atoms with Crippen molar-refractivity contribution in [1.82, 2.24) is 0 Å². The minimum absolute atomic E-state index is 0.0617. The number of hydrogen-bond acceptors (Lipinski definition) is 3. The summed E-state index contributed by atoms with van der Waals surface area (Å²) in [5.41, 5.74) is 1.67. The highest BCUT2D eigenvalue weighted by Crippen LogP contribution is 2.18. The number of benzene rings is 1. The lowest BCUT2D eigenvalue weighted by Crippen LogP contribution is -2.16. The molecule has 0 heterocycles. The van der Waals surface area contributed by atoms with E-state index in [0.717, 1.165) is 11.8 Å². The van der Waals surface area contributed by atoms with Crippen molar-refractivity contribution in [3.63, 3.8) is 0 Å². The molecule has 1 rings (SSSR count). The summed E-state index contributed by atoms with van der Waals surface area (Å²) in [6, 6.07) is 5.34. The second kappa shape index (κ2) is 4.97. The maximum Gasteiger partial charge on any atom is 0.154 e. The first-order valence-electron chi connectivity index (χ1n) is 4.72. The number of carbonyl (C=O) groups is 1. The zero-order valence-electron chi connectivity index (χ0n) is 9.16. The molecule has 0 bridgehead atoms. The van der Waals surface area contributed by atoms with Gasteiger partial charge in [-0.3, -0.25) is 4.79 Å². The molecule has 0 aromatic heterocycles. The lowest BCUT2D eigenvalue weighted by Gasteiger charge is -2.04. The highest BCUT2D eigenvalue weighted by Gasteiger charge is 2.13. The fourth-order valence-electron chi connectivity index (χ4n) is 1.35. The number of aryl methyl sites for hydroxylation is 1. The van der Waals surface area contributed by atoms with Gasteiger partial charge in [-0.05, 0) is 24.1 Å². The van der Waals surface area contributed by atoms with E-state index in [4.69, 9.17) is 11.6 Å². The number of halogens is 1. The van der Waals surface area contributed by atoms with Gasteiger partial charge >= 0.3 is 0 Å². The number of sulfone groups is 1. The van der Waals surface area contributed by atoms with E-state index >= 15 is 0 Å². The van der Waals surface area contributed by atoms with Crippen LogP contribution in [0.1, 0.15) is 11.1 Å². The van der Waals surface area contributed by atoms with Crippen molar-refractivity contribution in [2.45, 2.75) is 13.3 Å². The van der Waals surface area contributed by atoms with Crippen LogP contribution in [0.25, 0.3) is 0 Å². The standard InChI is InChI=1S/C11H13ClO3S/c1-8-3-4-9(11(12)5-8)6-10(13)7-16(2,14)15/h3-5H,6-7H2,1-2H3. The molecule has 16 heavy (non-hydrogen) atoms. The lowest BCUT2D eigenvalue weighted by atomic mass is 10.1. The molecule has 0 atom stereocenters. The number of ketones is 1. The van der Waals surface area contributed by atoms with Crippen LogP contribution >= 0.6 is 11.6 Å². The second-order valence-electron chi connectivity index (χ2n) is 3.88. The van der Waals surface area contributed by atoms with Crippen molar-refractivity contribution in [3.8, 4) is 0 Å². The Morgan fingerprint density at radius 3 is 2.50 bits per heavy atom. The lowest BCUT2D eigenvalue weighted by molar-refractivity contribution is -0.116. The highest BCUT2D eigenvalue weighted by molar-refractivity contribution is 7.91. The number of carbonyl (C=O) groups excluding carboxylic acids is 1. The highest BCUT2D eigenvalue weighted by atomic mass is 35.5. The van der Waals surface area contributed by atoms with Crippen LogP contribution in [0.5, 0.6) is 0 Å². The van der Waals surface area contributed by atoms with Gasteiger partial charge in [-0.1, -0.05) is 23.7 Å². The van der Waals surface area contributed by atoms with Gasteiger partial charge in [-0.25, -0.2) is 8.42 Å². The summed E-state index contributed by atoms with van der Waals surface area (Å²) in [5.74, 6) is -0.773. The molecule has 0 N–H and O–H groups in total. The van der Waals surface area contributed by atoms with Crippen molar-refractivity contribution in [2.75, 3.05) is 12.0 Å². The smallest absolute Gasteiger partial charge is 0.154 e. The predicted molar refractivity (Wildman–Crippen MR) is 64.6 cm³/mol. The third-order valence-corrected chi connectivity index (χ3v) is 3.22. The average Bonchev–Trinajstić information content (AvgIpc) is 2.06. The van der Waals surface area contributed by atoms with Crippen molar-refractivity contribution in [2.24, 2.45) is 0 Å². The van der Waals surface area contributed by atoms with Crippen LogP contribution in [-0.2, 0) is 21.1 Å². The van der Waals surface area contributed by atoms with Crippen molar-refractivity contribution in [3.05, 3.63) is 34.3 Å². The number of hydrogen-bond donors (Lipinski definition) is 0. The van der Waals surface area contributed by atoms with E-state index in [1.54, 1.807) is 12.1 Å². The largest absolute Gasteiger partial charge is 0.298 e. The van der Waals surface area contributed by atoms with E-state index in [1.807, 2.05) is 13.0 Å². The van der Waals surface area contributed by atoms with E-state index in [-0.39, 0.29) is 12.2 Å². The molecule has 1 aromatic rings. The van der Waals surface area contributed by atoms with Crippen LogP contribution in [-0.4, -0.2) is 26.2 Å². The van der Waals surface area contributed by atoms with Crippen molar-refractivity contribution >= 4 is 27.2 Å². The van der Waals surface area contributed by atoms with Gasteiger partial charge in [0.15, 0.2) is 15.6 Å². The summed E-state index contributed by atoms with van der Waals surface area (Å²) in [4.78, 5) is 11.4. The van der Waals surface area contributed by atoms with E-state index in [9.17, 15) is 13.2 Å². The van der Waals surface area contributed by atoms with Gasteiger partial charge in [-0.15, -0.1) is 0 Å². The van der Waals surface area contributed by atoms with Crippen LogP contribution in [0, 0.1) is 6.92 Å². The number of rotatable bonds is 4. The molecule has 5 heteroatoms. The summed E-state index contributed by atoms with van der Waals surface area (Å²) < 4.78 is 21.8. The van der Waals surface area contributed by atoms with Gasteiger partial charge in [0.05, 0.1) is 0 Å². The summed E-state index contributed by atoms with van der Waals surface area (Å²) >= 11 is 5.94. The molecule has 0 aliphatic heterocycles. The van der Waals surface area contributed by atoms with E-state index in [1.165, 1.54) is 0 Å². The van der Waals surface area contributed by atoms with E-state index in [2.05, 4.69) is 0 Å². The quantitative estimate of drug-likeness (QED) is 0.830. The Morgan fingerprint density at radius 1 is 1.38 bits per heavy atom. The van der Waals surface area contributed by atoms with Crippen molar-refractivity contribution in [1.29, 1.82) is 0 Å². The maximum atomic E-state index is 11.4. The Kier molecular flexibility index (Phi) is 4.10. The normalized spacial score (nSPS) is 11.4. The minimum atomic E-state index is -3.26. The van der Waals surface area contributed by atoms with Crippen molar-refractivity contribution < 1.29 is 13.2 Å². The predicted octanol–water partition coefficient (Wildman–Crippen LogP) is 1.80. The Morgan fingerprint density at radius 2 is 2.00 bits per heavy atom. The summed E-state index contributed by atoms with van der Waals surface area (Å²) in [6.07, 6.45) is 1.10. The summed E-state index contributed by atoms with van der Waals surface area (Å²) in [6.45, 7) is 1.90. The Hall–Kier alpha value is -0.870. The summed E-state index contributed by atoms with van der Waals surface area (Å²) in [5, 5.41) is 0.502. The zero-order chi connectivity index (χ0) is 12.3. The molecule has 0 fully saturated rings. The summed E-state index contributed by atoms with van der Waals surface area (Å²) in [7, 11) is -3.26.